The third-order valence-corrected chi connectivity index (χ3v) is 2.48. The maximum absolute atomic E-state index is 12.5. The average molecular weight is 254 g/mol. The molecule has 0 aliphatic carbocycles. The molecule has 0 aliphatic heterocycles. The van der Waals surface area contributed by atoms with Crippen molar-refractivity contribution < 1.29 is 21.8 Å². The zero-order chi connectivity index (χ0) is 11.6. The fourth-order valence-electron chi connectivity index (χ4n) is 0.800. The number of rotatable bonds is 2. The minimum atomic E-state index is -4.96. The van der Waals surface area contributed by atoms with Gasteiger partial charge in [0.2, 0.25) is 0 Å². The molecule has 0 radical (unpaired) electrons. The summed E-state index contributed by atoms with van der Waals surface area (Å²) in [6.45, 7) is 0. The van der Waals surface area contributed by atoms with Crippen molar-refractivity contribution in [2.24, 2.45) is 0 Å². The molecule has 1 aromatic rings. The molecule has 0 aromatic carbocycles. The number of halogens is 2. The van der Waals surface area contributed by atoms with Gasteiger partial charge in [-0.3, -0.25) is 0 Å². The van der Waals surface area contributed by atoms with Gasteiger partial charge in [0.1, 0.15) is 0 Å². The number of esters is 1. The molecule has 0 amide bonds. The van der Waals surface area contributed by atoms with Crippen molar-refractivity contribution in [1.82, 2.24) is 4.98 Å². The molecular weight excluding hydrogens is 249 g/mol. The zero-order valence-corrected chi connectivity index (χ0v) is 8.97. The van der Waals surface area contributed by atoms with Gasteiger partial charge in [-0.25, -0.2) is 9.78 Å². The van der Waals surface area contributed by atoms with Crippen LogP contribution in [0.2, 0.25) is 5.02 Å². The number of carbonyl (C=O) groups excluding carboxylic acids is 1. The lowest BCUT2D eigenvalue weighted by atomic mass is 10.3. The molecule has 1 rings (SSSR count). The summed E-state index contributed by atoms with van der Waals surface area (Å²) in [6.07, 6.45) is 0. The largest absolute Gasteiger partial charge is 0.464 e. The number of carbonyl (C=O) groups is 1. The summed E-state index contributed by atoms with van der Waals surface area (Å²) >= 11 is 5.54. The van der Waals surface area contributed by atoms with E-state index < -0.39 is 26.9 Å². The number of methoxy groups -OCH3 is 1. The number of ether oxygens (including phenoxy) is 1. The highest BCUT2D eigenvalue weighted by Crippen LogP contribution is 2.18. The van der Waals surface area contributed by atoms with Gasteiger partial charge in [-0.2, -0.15) is 8.42 Å². The van der Waals surface area contributed by atoms with E-state index in [2.05, 4.69) is 9.72 Å². The number of hydrogen-bond acceptors (Lipinski definition) is 5. The van der Waals surface area contributed by atoms with Crippen molar-refractivity contribution in [1.29, 1.82) is 0 Å². The zero-order valence-electron chi connectivity index (χ0n) is 7.40. The molecule has 0 N–H and O–H groups in total. The van der Waals surface area contributed by atoms with Gasteiger partial charge in [-0.1, -0.05) is 15.5 Å². The standard InChI is InChI=1S/C7H5ClFNO4S/c1-14-7(11)6-4(8)2-3-5(10-6)15(9,12)13/h2-3H,1H3. The van der Waals surface area contributed by atoms with E-state index in [1.54, 1.807) is 0 Å². The van der Waals surface area contributed by atoms with E-state index in [1.165, 1.54) is 0 Å². The van der Waals surface area contributed by atoms with E-state index in [4.69, 9.17) is 11.6 Å². The fraction of sp³-hybridized carbons (Fsp3) is 0.143. The predicted molar refractivity (Wildman–Crippen MR) is 48.9 cm³/mol. The predicted octanol–water partition coefficient (Wildman–Crippen LogP) is 1.18. The van der Waals surface area contributed by atoms with Crippen LogP contribution in [-0.2, 0) is 15.0 Å². The molecule has 0 atom stereocenters. The second kappa shape index (κ2) is 4.11. The van der Waals surface area contributed by atoms with Gasteiger partial charge in [0, 0.05) is 0 Å². The van der Waals surface area contributed by atoms with Gasteiger partial charge in [0.05, 0.1) is 12.1 Å². The molecule has 8 heteroatoms. The Labute approximate surface area is 90.0 Å². The smallest absolute Gasteiger partial charge is 0.358 e. The lowest BCUT2D eigenvalue weighted by Gasteiger charge is -2.01. The lowest BCUT2D eigenvalue weighted by molar-refractivity contribution is 0.0593. The minimum Gasteiger partial charge on any atom is -0.464 e. The number of pyridine rings is 1. The van der Waals surface area contributed by atoms with Crippen LogP contribution >= 0.6 is 11.6 Å². The summed E-state index contributed by atoms with van der Waals surface area (Å²) in [6, 6.07) is 1.90. The van der Waals surface area contributed by atoms with E-state index in [-0.39, 0.29) is 5.02 Å². The molecule has 0 aliphatic rings. The first-order valence-corrected chi connectivity index (χ1v) is 5.32. The second-order valence-electron chi connectivity index (χ2n) is 2.41. The van der Waals surface area contributed by atoms with Gasteiger partial charge >= 0.3 is 16.2 Å². The SMILES string of the molecule is COC(=O)c1nc(S(=O)(=O)F)ccc1Cl. The quantitative estimate of drug-likeness (QED) is 0.584. The van der Waals surface area contributed by atoms with E-state index in [1.807, 2.05) is 0 Å². The maximum atomic E-state index is 12.5. The minimum absolute atomic E-state index is 0.116. The first-order valence-electron chi connectivity index (χ1n) is 3.56. The monoisotopic (exact) mass is 253 g/mol. The van der Waals surface area contributed by atoms with E-state index in [0.717, 1.165) is 19.2 Å². The van der Waals surface area contributed by atoms with Crippen molar-refractivity contribution in [3.63, 3.8) is 0 Å². The third kappa shape index (κ3) is 2.63. The van der Waals surface area contributed by atoms with Crippen LogP contribution in [0.3, 0.4) is 0 Å². The Hall–Kier alpha value is -1.21. The highest BCUT2D eigenvalue weighted by atomic mass is 35.5. The van der Waals surface area contributed by atoms with Gasteiger partial charge in [-0.15, -0.1) is 0 Å². The van der Waals surface area contributed by atoms with Crippen molar-refractivity contribution in [2.45, 2.75) is 5.03 Å². The Morgan fingerprint density at radius 3 is 2.60 bits per heavy atom. The van der Waals surface area contributed by atoms with Crippen LogP contribution < -0.4 is 0 Å². The Balaban J connectivity index is 3.36. The molecule has 1 aromatic heterocycles. The summed E-state index contributed by atoms with van der Waals surface area (Å²) in [4.78, 5) is 14.3. The van der Waals surface area contributed by atoms with Crippen LogP contribution in [0, 0.1) is 0 Å². The average Bonchev–Trinajstić information content (AvgIpc) is 2.15. The molecule has 0 saturated carbocycles. The van der Waals surface area contributed by atoms with Gasteiger partial charge < -0.3 is 4.74 Å². The number of hydrogen-bond donors (Lipinski definition) is 0. The summed E-state index contributed by atoms with van der Waals surface area (Å²) in [7, 11) is -3.89. The van der Waals surface area contributed by atoms with Gasteiger partial charge in [0.15, 0.2) is 10.7 Å². The molecule has 0 saturated heterocycles. The summed E-state index contributed by atoms with van der Waals surface area (Å²) < 4.78 is 37.8. The van der Waals surface area contributed by atoms with Crippen LogP contribution in [0.4, 0.5) is 3.89 Å². The van der Waals surface area contributed by atoms with Crippen LogP contribution in [0.25, 0.3) is 0 Å². The number of nitrogens with zero attached hydrogens (tertiary/aromatic N) is 1. The first kappa shape index (κ1) is 11.9. The highest BCUT2D eigenvalue weighted by Gasteiger charge is 2.19. The van der Waals surface area contributed by atoms with E-state index in [0.29, 0.717) is 0 Å². The van der Waals surface area contributed by atoms with Crippen LogP contribution in [0.1, 0.15) is 10.5 Å². The number of aromatic nitrogens is 1. The second-order valence-corrected chi connectivity index (χ2v) is 4.11. The Morgan fingerprint density at radius 1 is 1.53 bits per heavy atom. The van der Waals surface area contributed by atoms with Crippen molar-refractivity contribution in [3.8, 4) is 0 Å². The molecule has 0 spiro atoms. The lowest BCUT2D eigenvalue weighted by Crippen LogP contribution is -2.08. The summed E-state index contributed by atoms with van der Waals surface area (Å²) in [5.74, 6) is -0.939. The highest BCUT2D eigenvalue weighted by molar-refractivity contribution is 7.86. The van der Waals surface area contributed by atoms with Gasteiger partial charge in [-0.05, 0) is 12.1 Å². The normalized spacial score (nSPS) is 11.1. The molecule has 82 valence electrons. The summed E-state index contributed by atoms with van der Waals surface area (Å²) in [5, 5.41) is -0.999. The first-order chi connectivity index (χ1) is 6.86. The van der Waals surface area contributed by atoms with Crippen LogP contribution in [0.15, 0.2) is 17.2 Å². The van der Waals surface area contributed by atoms with Crippen molar-refractivity contribution >= 4 is 27.8 Å². The molecular formula is C7H5ClFNO4S. The molecule has 0 fully saturated rings. The maximum Gasteiger partial charge on any atom is 0.358 e. The molecule has 5 nitrogen and oxygen atoms in total. The molecule has 1 heterocycles. The Kier molecular flexibility index (Phi) is 3.25. The van der Waals surface area contributed by atoms with Crippen molar-refractivity contribution in [3.05, 3.63) is 22.8 Å². The summed E-state index contributed by atoms with van der Waals surface area (Å²) in [5.41, 5.74) is -0.446. The van der Waals surface area contributed by atoms with Crippen LogP contribution in [0.5, 0.6) is 0 Å². The molecule has 15 heavy (non-hydrogen) atoms. The van der Waals surface area contributed by atoms with Gasteiger partial charge in [0.25, 0.3) is 0 Å². The topological polar surface area (TPSA) is 73.3 Å². The van der Waals surface area contributed by atoms with E-state index in [9.17, 15) is 17.1 Å². The van der Waals surface area contributed by atoms with Crippen molar-refractivity contribution in [2.75, 3.05) is 7.11 Å². The molecule has 0 bridgehead atoms. The third-order valence-electron chi connectivity index (χ3n) is 1.45. The Bertz CT molecular complexity index is 502. The fourth-order valence-corrected chi connectivity index (χ4v) is 1.41. The van der Waals surface area contributed by atoms with E-state index >= 15 is 0 Å². The van der Waals surface area contributed by atoms with Crippen LogP contribution in [-0.4, -0.2) is 26.5 Å². The molecule has 0 unspecified atom stereocenters. The Morgan fingerprint density at radius 2 is 2.13 bits per heavy atom.